The van der Waals surface area contributed by atoms with Crippen LogP contribution < -0.4 is 19.5 Å². The zero-order valence-corrected chi connectivity index (χ0v) is 15.7. The van der Waals surface area contributed by atoms with Gasteiger partial charge < -0.3 is 24.3 Å². The highest BCUT2D eigenvalue weighted by atomic mass is 19.1. The van der Waals surface area contributed by atoms with Crippen molar-refractivity contribution < 1.29 is 32.9 Å². The summed E-state index contributed by atoms with van der Waals surface area (Å²) in [5.74, 6) is 0.125. The molecular weight excluding hydrogens is 369 g/mol. The minimum Gasteiger partial charge on any atom is -0.493 e. The van der Waals surface area contributed by atoms with E-state index in [1.54, 1.807) is 12.1 Å². The molecule has 28 heavy (non-hydrogen) atoms. The molecule has 2 aromatic rings. The maximum Gasteiger partial charge on any atom is 0.325 e. The van der Waals surface area contributed by atoms with Crippen molar-refractivity contribution in [1.29, 1.82) is 0 Å². The molecule has 1 amide bonds. The highest BCUT2D eigenvalue weighted by Gasteiger charge is 2.12. The zero-order chi connectivity index (χ0) is 20.4. The van der Waals surface area contributed by atoms with Crippen LogP contribution in [-0.4, -0.2) is 45.9 Å². The zero-order valence-electron chi connectivity index (χ0n) is 15.7. The summed E-state index contributed by atoms with van der Waals surface area (Å²) in [5, 5.41) is 2.48. The average molecular weight is 391 g/mol. The Labute approximate surface area is 162 Å². The van der Waals surface area contributed by atoms with Crippen LogP contribution in [0.1, 0.15) is 16.8 Å². The van der Waals surface area contributed by atoms with Gasteiger partial charge in [0, 0.05) is 12.0 Å². The van der Waals surface area contributed by atoms with Gasteiger partial charge in [0.1, 0.15) is 18.1 Å². The maximum atomic E-state index is 12.8. The van der Waals surface area contributed by atoms with Crippen molar-refractivity contribution in [3.8, 4) is 17.2 Å². The third kappa shape index (κ3) is 6.46. The Bertz CT molecular complexity index is 794. The second-order valence-corrected chi connectivity index (χ2v) is 5.63. The van der Waals surface area contributed by atoms with Crippen molar-refractivity contribution in [2.24, 2.45) is 0 Å². The third-order valence-electron chi connectivity index (χ3n) is 3.67. The molecule has 0 atom stereocenters. The molecule has 0 aliphatic rings. The number of methoxy groups -OCH3 is 2. The standard InChI is InChI=1S/C20H22FNO6/c1-25-17-9-4-14(12-18(17)26-2)20(24)22-13-19(23)28-11-3-10-27-16-7-5-15(21)6-8-16/h4-9,12H,3,10-11,13H2,1-2H3,(H,22,24). The van der Waals surface area contributed by atoms with Crippen molar-refractivity contribution in [2.45, 2.75) is 6.42 Å². The normalized spacial score (nSPS) is 10.1. The van der Waals surface area contributed by atoms with E-state index in [4.69, 9.17) is 18.9 Å². The Kier molecular flexibility index (Phi) is 8.08. The van der Waals surface area contributed by atoms with Gasteiger partial charge in [-0.05, 0) is 42.5 Å². The highest BCUT2D eigenvalue weighted by Crippen LogP contribution is 2.27. The van der Waals surface area contributed by atoms with Crippen LogP contribution in [0.25, 0.3) is 0 Å². The Morgan fingerprint density at radius 2 is 1.68 bits per heavy atom. The number of hydrogen-bond acceptors (Lipinski definition) is 6. The SMILES string of the molecule is COc1ccc(C(=O)NCC(=O)OCCCOc2ccc(F)cc2)cc1OC. The van der Waals surface area contributed by atoms with Crippen molar-refractivity contribution in [3.63, 3.8) is 0 Å². The number of rotatable bonds is 10. The molecule has 0 unspecified atom stereocenters. The van der Waals surface area contributed by atoms with Gasteiger partial charge in [-0.3, -0.25) is 9.59 Å². The fraction of sp³-hybridized carbons (Fsp3) is 0.300. The minimum atomic E-state index is -0.560. The molecule has 150 valence electrons. The van der Waals surface area contributed by atoms with Crippen LogP contribution in [0.2, 0.25) is 0 Å². The van der Waals surface area contributed by atoms with E-state index in [9.17, 15) is 14.0 Å². The number of amides is 1. The lowest BCUT2D eigenvalue weighted by atomic mass is 10.2. The smallest absolute Gasteiger partial charge is 0.325 e. The van der Waals surface area contributed by atoms with E-state index in [2.05, 4.69) is 5.32 Å². The molecule has 0 spiro atoms. The molecule has 0 aromatic heterocycles. The Hall–Kier alpha value is -3.29. The summed E-state index contributed by atoms with van der Waals surface area (Å²) in [7, 11) is 2.97. The summed E-state index contributed by atoms with van der Waals surface area (Å²) in [6.45, 7) is 0.204. The maximum absolute atomic E-state index is 12.8. The Balaban J connectivity index is 1.66. The molecule has 0 saturated carbocycles. The van der Waals surface area contributed by atoms with Gasteiger partial charge >= 0.3 is 5.97 Å². The van der Waals surface area contributed by atoms with E-state index in [0.717, 1.165) is 0 Å². The first kappa shape index (κ1) is 21.0. The summed E-state index contributed by atoms with van der Waals surface area (Å²) in [6, 6.07) is 10.3. The third-order valence-corrected chi connectivity index (χ3v) is 3.67. The summed E-state index contributed by atoms with van der Waals surface area (Å²) < 4.78 is 33.4. The first-order chi connectivity index (χ1) is 13.5. The molecule has 0 aliphatic carbocycles. The number of carbonyl (C=O) groups is 2. The molecule has 7 nitrogen and oxygen atoms in total. The molecule has 1 N–H and O–H groups in total. The predicted molar refractivity (Wildman–Crippen MR) is 99.4 cm³/mol. The van der Waals surface area contributed by atoms with Gasteiger partial charge in [0.05, 0.1) is 27.4 Å². The van der Waals surface area contributed by atoms with Crippen LogP contribution in [0.3, 0.4) is 0 Å². The van der Waals surface area contributed by atoms with Gasteiger partial charge in [0.15, 0.2) is 11.5 Å². The number of ether oxygens (including phenoxy) is 4. The second kappa shape index (κ2) is 10.8. The average Bonchev–Trinajstić information content (AvgIpc) is 2.72. The summed E-state index contributed by atoms with van der Waals surface area (Å²) in [6.07, 6.45) is 0.465. The minimum absolute atomic E-state index is 0.145. The van der Waals surface area contributed by atoms with Gasteiger partial charge in [-0.15, -0.1) is 0 Å². The van der Waals surface area contributed by atoms with E-state index in [0.29, 0.717) is 35.8 Å². The molecule has 8 heteroatoms. The van der Waals surface area contributed by atoms with Gasteiger partial charge in [0.2, 0.25) is 0 Å². The first-order valence-corrected chi connectivity index (χ1v) is 8.57. The number of benzene rings is 2. The summed E-state index contributed by atoms with van der Waals surface area (Å²) in [5.41, 5.74) is 0.332. The second-order valence-electron chi connectivity index (χ2n) is 5.63. The van der Waals surface area contributed by atoms with Crippen molar-refractivity contribution >= 4 is 11.9 Å². The van der Waals surface area contributed by atoms with Gasteiger partial charge in [-0.1, -0.05) is 0 Å². The number of nitrogens with one attached hydrogen (secondary N) is 1. The van der Waals surface area contributed by atoms with Gasteiger partial charge in [-0.25, -0.2) is 4.39 Å². The Morgan fingerprint density at radius 1 is 0.964 bits per heavy atom. The molecule has 0 aliphatic heterocycles. The van der Waals surface area contributed by atoms with E-state index >= 15 is 0 Å². The molecule has 0 radical (unpaired) electrons. The number of esters is 1. The fourth-order valence-electron chi connectivity index (χ4n) is 2.25. The first-order valence-electron chi connectivity index (χ1n) is 8.57. The molecule has 2 aromatic carbocycles. The van der Waals surface area contributed by atoms with Crippen molar-refractivity contribution in [1.82, 2.24) is 5.32 Å². The summed E-state index contributed by atoms with van der Waals surface area (Å²) in [4.78, 5) is 23.8. The monoisotopic (exact) mass is 391 g/mol. The predicted octanol–water partition coefficient (Wildman–Crippen LogP) is 2.59. The van der Waals surface area contributed by atoms with Gasteiger partial charge in [0.25, 0.3) is 5.91 Å². The van der Waals surface area contributed by atoms with Gasteiger partial charge in [-0.2, -0.15) is 0 Å². The molecular formula is C20H22FNO6. The van der Waals surface area contributed by atoms with Crippen LogP contribution in [0.4, 0.5) is 4.39 Å². The lowest BCUT2D eigenvalue weighted by Crippen LogP contribution is -2.30. The van der Waals surface area contributed by atoms with E-state index in [1.165, 1.54) is 44.6 Å². The summed E-state index contributed by atoms with van der Waals surface area (Å²) >= 11 is 0. The fourth-order valence-corrected chi connectivity index (χ4v) is 2.25. The molecule has 0 fully saturated rings. The van der Waals surface area contributed by atoms with Crippen LogP contribution in [0, 0.1) is 5.82 Å². The quantitative estimate of drug-likeness (QED) is 0.495. The topological polar surface area (TPSA) is 83.1 Å². The lowest BCUT2D eigenvalue weighted by Gasteiger charge is -2.10. The van der Waals surface area contributed by atoms with Crippen molar-refractivity contribution in [3.05, 3.63) is 53.8 Å². The van der Waals surface area contributed by atoms with Crippen LogP contribution in [0.15, 0.2) is 42.5 Å². The molecule has 2 rings (SSSR count). The van der Waals surface area contributed by atoms with Crippen LogP contribution >= 0.6 is 0 Å². The number of halogens is 1. The van der Waals surface area contributed by atoms with Crippen LogP contribution in [0.5, 0.6) is 17.2 Å². The number of carbonyl (C=O) groups excluding carboxylic acids is 2. The number of hydrogen-bond donors (Lipinski definition) is 1. The molecule has 0 saturated heterocycles. The lowest BCUT2D eigenvalue weighted by molar-refractivity contribution is -0.142. The van der Waals surface area contributed by atoms with E-state index in [1.807, 2.05) is 0 Å². The molecule has 0 heterocycles. The molecule has 0 bridgehead atoms. The Morgan fingerprint density at radius 3 is 2.36 bits per heavy atom. The van der Waals surface area contributed by atoms with E-state index in [-0.39, 0.29) is 19.0 Å². The van der Waals surface area contributed by atoms with E-state index < -0.39 is 11.9 Å². The van der Waals surface area contributed by atoms with Crippen LogP contribution in [-0.2, 0) is 9.53 Å². The highest BCUT2D eigenvalue weighted by molar-refractivity contribution is 5.96. The largest absolute Gasteiger partial charge is 0.493 e. The van der Waals surface area contributed by atoms with Crippen molar-refractivity contribution in [2.75, 3.05) is 34.0 Å².